The number of alkyl halides is 2. The summed E-state index contributed by atoms with van der Waals surface area (Å²) in [5.74, 6) is -1.20. The number of rotatable bonds is 7. The first-order valence-electron chi connectivity index (χ1n) is 12.7. The molecule has 6 nitrogen and oxygen atoms in total. The number of halogens is 2. The molecule has 188 valence electrons. The largest absolute Gasteiger partial charge is 0.350 e. The molecule has 0 radical (unpaired) electrons. The van der Waals surface area contributed by atoms with E-state index in [1.165, 1.54) is 4.88 Å². The van der Waals surface area contributed by atoms with Gasteiger partial charge in [-0.2, -0.15) is 0 Å². The third kappa shape index (κ3) is 6.30. The molecule has 2 fully saturated rings. The van der Waals surface area contributed by atoms with Gasteiger partial charge in [0.25, 0.3) is 0 Å². The highest BCUT2D eigenvalue weighted by atomic mass is 32.1. The van der Waals surface area contributed by atoms with Crippen LogP contribution in [0.4, 0.5) is 8.78 Å². The van der Waals surface area contributed by atoms with Crippen LogP contribution in [-0.2, 0) is 17.8 Å². The van der Waals surface area contributed by atoms with Gasteiger partial charge in [0.15, 0.2) is 0 Å². The maximum Gasteiger partial charge on any atom is 0.249 e. The van der Waals surface area contributed by atoms with E-state index in [0.717, 1.165) is 74.4 Å². The molecule has 9 heteroatoms. The standard InChI is InChI=1S/C26H33F2N5OS/c1-17-29-14-19(15-30-17)4-7-24(34)31-21-5-2-18(3-6-21)8-10-33-11-9-23-22(16-33)32-25(35-23)20-12-26(27,28)13-20/h4,7,14-15,18,20-21H,2-3,5-6,8-13,16H2,1H3,(H,31,34)/b7-4+/t18-,21-. The summed E-state index contributed by atoms with van der Waals surface area (Å²) >= 11 is 1.66. The highest BCUT2D eigenvalue weighted by molar-refractivity contribution is 7.11. The zero-order valence-corrected chi connectivity index (χ0v) is 21.0. The second-order valence-electron chi connectivity index (χ2n) is 10.3. The minimum Gasteiger partial charge on any atom is -0.350 e. The third-order valence-electron chi connectivity index (χ3n) is 7.54. The lowest BCUT2D eigenvalue weighted by Crippen LogP contribution is -2.37. The fourth-order valence-corrected chi connectivity index (χ4v) is 6.51. The summed E-state index contributed by atoms with van der Waals surface area (Å²) in [4.78, 5) is 29.1. The van der Waals surface area contributed by atoms with E-state index in [4.69, 9.17) is 4.98 Å². The first-order chi connectivity index (χ1) is 16.8. The normalized spacial score (nSPS) is 24.8. The monoisotopic (exact) mass is 501 g/mol. The van der Waals surface area contributed by atoms with Crippen molar-refractivity contribution in [3.8, 4) is 0 Å². The molecule has 0 bridgehead atoms. The number of aryl methyl sites for hydroxylation is 1. The number of carbonyl (C=O) groups is 1. The topological polar surface area (TPSA) is 71.0 Å². The number of amides is 1. The van der Waals surface area contributed by atoms with Crippen LogP contribution in [0.2, 0.25) is 0 Å². The summed E-state index contributed by atoms with van der Waals surface area (Å²) in [5, 5.41) is 4.05. The number of hydrogen-bond donors (Lipinski definition) is 1. The maximum atomic E-state index is 13.2. The maximum absolute atomic E-state index is 13.2. The van der Waals surface area contributed by atoms with Crippen molar-refractivity contribution in [1.29, 1.82) is 0 Å². The lowest BCUT2D eigenvalue weighted by atomic mass is 9.82. The van der Waals surface area contributed by atoms with Gasteiger partial charge < -0.3 is 5.32 Å². The summed E-state index contributed by atoms with van der Waals surface area (Å²) in [5.41, 5.74) is 1.93. The number of carbonyl (C=O) groups excluding carboxylic acids is 1. The minimum atomic E-state index is -2.49. The van der Waals surface area contributed by atoms with Crippen molar-refractivity contribution in [3.05, 3.63) is 45.4 Å². The van der Waals surface area contributed by atoms with Gasteiger partial charge in [0, 0.05) is 66.8 Å². The van der Waals surface area contributed by atoms with Crippen LogP contribution in [0.3, 0.4) is 0 Å². The summed E-state index contributed by atoms with van der Waals surface area (Å²) in [6.45, 7) is 4.76. The van der Waals surface area contributed by atoms with Crippen molar-refractivity contribution in [2.45, 2.75) is 82.7 Å². The number of thiazole rings is 1. The van der Waals surface area contributed by atoms with E-state index >= 15 is 0 Å². The zero-order chi connectivity index (χ0) is 24.4. The van der Waals surface area contributed by atoms with Gasteiger partial charge in [-0.1, -0.05) is 0 Å². The Balaban J connectivity index is 1.01. The van der Waals surface area contributed by atoms with Gasteiger partial charge in [-0.3, -0.25) is 9.69 Å². The van der Waals surface area contributed by atoms with Crippen LogP contribution in [0, 0.1) is 12.8 Å². The molecule has 1 amide bonds. The number of fused-ring (bicyclic) bond motifs is 1. The molecule has 2 aliphatic carbocycles. The molecule has 0 aromatic carbocycles. The highest BCUT2D eigenvalue weighted by Gasteiger charge is 2.47. The molecule has 1 aliphatic heterocycles. The molecule has 0 atom stereocenters. The van der Waals surface area contributed by atoms with E-state index in [9.17, 15) is 13.6 Å². The fraction of sp³-hybridized carbons (Fsp3) is 0.615. The Bertz CT molecular complexity index is 1050. The van der Waals surface area contributed by atoms with Crippen LogP contribution in [0.5, 0.6) is 0 Å². The van der Waals surface area contributed by atoms with E-state index in [0.29, 0.717) is 11.7 Å². The van der Waals surface area contributed by atoms with Crippen molar-refractivity contribution in [1.82, 2.24) is 25.2 Å². The molecule has 0 spiro atoms. The molecule has 1 N–H and O–H groups in total. The molecule has 0 unspecified atom stereocenters. The van der Waals surface area contributed by atoms with E-state index < -0.39 is 5.92 Å². The predicted molar refractivity (Wildman–Crippen MR) is 132 cm³/mol. The SMILES string of the molecule is Cc1ncc(/C=C/C(=O)N[C@H]2CC[C@H](CCN3CCc4sc(C5CC(F)(F)C5)nc4C3)CC2)cn1. The van der Waals surface area contributed by atoms with Crippen LogP contribution in [-0.4, -0.2) is 50.8 Å². The summed E-state index contributed by atoms with van der Waals surface area (Å²) in [6.07, 6.45) is 13.1. The Morgan fingerprint density at radius 3 is 2.69 bits per heavy atom. The van der Waals surface area contributed by atoms with E-state index in [-0.39, 0.29) is 30.7 Å². The van der Waals surface area contributed by atoms with Crippen LogP contribution in [0.15, 0.2) is 18.5 Å². The Labute approximate surface area is 209 Å². The summed E-state index contributed by atoms with van der Waals surface area (Å²) in [7, 11) is 0. The van der Waals surface area contributed by atoms with Crippen molar-refractivity contribution in [2.24, 2.45) is 5.92 Å². The first-order valence-corrected chi connectivity index (χ1v) is 13.5. The van der Waals surface area contributed by atoms with Crippen molar-refractivity contribution in [3.63, 3.8) is 0 Å². The van der Waals surface area contributed by atoms with Crippen LogP contribution < -0.4 is 5.32 Å². The molecule has 3 aliphatic rings. The van der Waals surface area contributed by atoms with Gasteiger partial charge in [-0.15, -0.1) is 11.3 Å². The number of aromatic nitrogens is 3. The third-order valence-corrected chi connectivity index (χ3v) is 8.86. The molecular weight excluding hydrogens is 468 g/mol. The molecular formula is C26H33F2N5OS. The Kier molecular flexibility index (Phi) is 7.25. The molecule has 2 aromatic heterocycles. The quantitative estimate of drug-likeness (QED) is 0.547. The van der Waals surface area contributed by atoms with Gasteiger partial charge in [-0.25, -0.2) is 23.7 Å². The van der Waals surface area contributed by atoms with E-state index in [1.54, 1.807) is 35.9 Å². The summed E-state index contributed by atoms with van der Waals surface area (Å²) in [6, 6.07) is 0.238. The average Bonchev–Trinajstić information content (AvgIpc) is 3.25. The molecule has 2 aromatic rings. The zero-order valence-electron chi connectivity index (χ0n) is 20.2. The second kappa shape index (κ2) is 10.4. The van der Waals surface area contributed by atoms with Crippen molar-refractivity contribution in [2.75, 3.05) is 13.1 Å². The van der Waals surface area contributed by atoms with Gasteiger partial charge in [0.2, 0.25) is 11.8 Å². The average molecular weight is 502 g/mol. The Morgan fingerprint density at radius 1 is 1.23 bits per heavy atom. The number of nitrogens with one attached hydrogen (secondary N) is 1. The van der Waals surface area contributed by atoms with Gasteiger partial charge in [0.05, 0.1) is 10.7 Å². The molecule has 0 saturated heterocycles. The number of nitrogens with zero attached hydrogens (tertiary/aromatic N) is 4. The highest BCUT2D eigenvalue weighted by Crippen LogP contribution is 2.49. The van der Waals surface area contributed by atoms with Crippen molar-refractivity contribution >= 4 is 23.3 Å². The molecule has 35 heavy (non-hydrogen) atoms. The van der Waals surface area contributed by atoms with Crippen LogP contribution >= 0.6 is 11.3 Å². The lowest BCUT2D eigenvalue weighted by molar-refractivity contribution is -0.117. The Morgan fingerprint density at radius 2 is 1.97 bits per heavy atom. The van der Waals surface area contributed by atoms with Gasteiger partial charge in [0.1, 0.15) is 5.82 Å². The van der Waals surface area contributed by atoms with E-state index in [1.807, 2.05) is 6.92 Å². The molecule has 2 saturated carbocycles. The van der Waals surface area contributed by atoms with Crippen molar-refractivity contribution < 1.29 is 13.6 Å². The summed E-state index contributed by atoms with van der Waals surface area (Å²) < 4.78 is 26.5. The first kappa shape index (κ1) is 24.4. The Hall–Kier alpha value is -2.26. The van der Waals surface area contributed by atoms with Crippen LogP contribution in [0.25, 0.3) is 6.08 Å². The lowest BCUT2D eigenvalue weighted by Gasteiger charge is -2.33. The van der Waals surface area contributed by atoms with Gasteiger partial charge in [-0.05, 0) is 64.0 Å². The number of hydrogen-bond acceptors (Lipinski definition) is 6. The molecule has 3 heterocycles. The second-order valence-corrected chi connectivity index (χ2v) is 11.4. The minimum absolute atomic E-state index is 0.0375. The van der Waals surface area contributed by atoms with Crippen LogP contribution in [0.1, 0.15) is 77.8 Å². The fourth-order valence-electron chi connectivity index (χ4n) is 5.34. The predicted octanol–water partition coefficient (Wildman–Crippen LogP) is 4.89. The van der Waals surface area contributed by atoms with E-state index in [2.05, 4.69) is 20.2 Å². The smallest absolute Gasteiger partial charge is 0.249 e. The van der Waals surface area contributed by atoms with Gasteiger partial charge >= 0.3 is 0 Å². The molecule has 5 rings (SSSR count).